The van der Waals surface area contributed by atoms with Crippen molar-refractivity contribution in [3.8, 4) is 0 Å². The second-order valence-electron chi connectivity index (χ2n) is 3.92. The van der Waals surface area contributed by atoms with Gasteiger partial charge in [0.15, 0.2) is 10.8 Å². The number of amides is 1. The molecule has 1 aliphatic heterocycles. The number of anilines is 1. The number of aromatic nitrogens is 2. The third-order valence-electron chi connectivity index (χ3n) is 2.62. The van der Waals surface area contributed by atoms with Crippen LogP contribution >= 0.6 is 27.3 Å². The third kappa shape index (κ3) is 2.41. The number of nitrogens with one attached hydrogen (secondary N) is 2. The molecule has 18 heavy (non-hydrogen) atoms. The number of ether oxygens (including phenoxy) is 1. The molecular formula is C10H11BrN4O2S. The van der Waals surface area contributed by atoms with E-state index in [-0.39, 0.29) is 11.9 Å². The minimum absolute atomic E-state index is 0.112. The summed E-state index contributed by atoms with van der Waals surface area (Å²) in [5.74, 6) is 0.450. The summed E-state index contributed by atoms with van der Waals surface area (Å²) in [6.07, 6.45) is 3.70. The lowest BCUT2D eigenvalue weighted by Crippen LogP contribution is -2.48. The van der Waals surface area contributed by atoms with E-state index in [4.69, 9.17) is 4.74 Å². The predicted molar refractivity (Wildman–Crippen MR) is 72.0 cm³/mol. The van der Waals surface area contributed by atoms with Gasteiger partial charge in [0.25, 0.3) is 0 Å². The van der Waals surface area contributed by atoms with Crippen molar-refractivity contribution in [1.29, 1.82) is 0 Å². The molecule has 1 saturated heterocycles. The summed E-state index contributed by atoms with van der Waals surface area (Å²) in [4.78, 5) is 17.1. The molecule has 1 atom stereocenters. The van der Waals surface area contributed by atoms with Gasteiger partial charge in [0.2, 0.25) is 5.91 Å². The van der Waals surface area contributed by atoms with Gasteiger partial charge in [-0.05, 0) is 15.9 Å². The average Bonchev–Trinajstić information content (AvgIpc) is 2.86. The first-order valence-corrected chi connectivity index (χ1v) is 7.09. The normalized spacial score (nSPS) is 20.2. The maximum absolute atomic E-state index is 11.9. The molecule has 0 saturated carbocycles. The molecule has 0 aromatic carbocycles. The van der Waals surface area contributed by atoms with Crippen molar-refractivity contribution < 1.29 is 9.53 Å². The molecule has 8 heteroatoms. The zero-order valence-electron chi connectivity index (χ0n) is 9.35. The summed E-state index contributed by atoms with van der Waals surface area (Å²) in [6.45, 7) is 1.75. The topological polar surface area (TPSA) is 67.7 Å². The number of morpholine rings is 1. The molecule has 0 spiro atoms. The van der Waals surface area contributed by atoms with Crippen LogP contribution in [0.15, 0.2) is 16.2 Å². The van der Waals surface area contributed by atoms with Crippen LogP contribution in [0.2, 0.25) is 0 Å². The van der Waals surface area contributed by atoms with Crippen LogP contribution in [0, 0.1) is 0 Å². The molecule has 1 aliphatic rings. The summed E-state index contributed by atoms with van der Waals surface area (Å²) in [5.41, 5.74) is 0. The first kappa shape index (κ1) is 12.1. The molecule has 3 rings (SSSR count). The zero-order chi connectivity index (χ0) is 12.5. The maximum atomic E-state index is 11.9. The Bertz CT molecular complexity index is 544. The molecule has 0 aliphatic carbocycles. The van der Waals surface area contributed by atoms with E-state index in [1.165, 1.54) is 11.3 Å². The summed E-state index contributed by atoms with van der Waals surface area (Å²) in [6, 6.07) is -0.301. The van der Waals surface area contributed by atoms with E-state index in [9.17, 15) is 4.79 Å². The Morgan fingerprint density at radius 2 is 2.56 bits per heavy atom. The molecule has 2 aromatic rings. The van der Waals surface area contributed by atoms with Gasteiger partial charge in [-0.1, -0.05) is 11.3 Å². The molecule has 0 bridgehead atoms. The van der Waals surface area contributed by atoms with Crippen molar-refractivity contribution >= 4 is 44.0 Å². The smallest absolute Gasteiger partial charge is 0.245 e. The second kappa shape index (κ2) is 4.96. The van der Waals surface area contributed by atoms with Crippen LogP contribution in [0.5, 0.6) is 0 Å². The van der Waals surface area contributed by atoms with E-state index in [2.05, 4.69) is 31.5 Å². The highest BCUT2D eigenvalue weighted by Gasteiger charge is 2.21. The number of thiazole rings is 1. The van der Waals surface area contributed by atoms with Crippen molar-refractivity contribution in [2.75, 3.05) is 25.1 Å². The summed E-state index contributed by atoms with van der Waals surface area (Å²) in [5, 5.41) is 5.88. The van der Waals surface area contributed by atoms with Crippen LogP contribution in [0.3, 0.4) is 0 Å². The molecule has 6 nitrogen and oxygen atoms in total. The van der Waals surface area contributed by atoms with Crippen LogP contribution in [0.4, 0.5) is 5.82 Å². The molecule has 1 fully saturated rings. The van der Waals surface area contributed by atoms with Crippen LogP contribution in [-0.4, -0.2) is 41.1 Å². The van der Waals surface area contributed by atoms with Gasteiger partial charge in [-0.3, -0.25) is 9.20 Å². The number of hydrogen-bond acceptors (Lipinski definition) is 5. The largest absolute Gasteiger partial charge is 0.378 e. The highest BCUT2D eigenvalue weighted by Crippen LogP contribution is 2.24. The van der Waals surface area contributed by atoms with Gasteiger partial charge in [-0.2, -0.15) is 0 Å². The molecule has 1 amide bonds. The first-order valence-electron chi connectivity index (χ1n) is 5.48. The van der Waals surface area contributed by atoms with Gasteiger partial charge in [0.05, 0.1) is 23.2 Å². The Morgan fingerprint density at radius 1 is 1.67 bits per heavy atom. The van der Waals surface area contributed by atoms with E-state index in [1.54, 1.807) is 6.20 Å². The van der Waals surface area contributed by atoms with Crippen molar-refractivity contribution in [2.24, 2.45) is 0 Å². The van der Waals surface area contributed by atoms with Gasteiger partial charge in [-0.15, -0.1) is 0 Å². The Morgan fingerprint density at radius 3 is 3.28 bits per heavy atom. The van der Waals surface area contributed by atoms with E-state index in [0.29, 0.717) is 25.6 Å². The average molecular weight is 331 g/mol. The maximum Gasteiger partial charge on any atom is 0.245 e. The van der Waals surface area contributed by atoms with Crippen LogP contribution in [-0.2, 0) is 9.53 Å². The lowest BCUT2D eigenvalue weighted by atomic mass is 10.2. The predicted octanol–water partition coefficient (Wildman–Crippen LogP) is 1.09. The molecule has 2 N–H and O–H groups in total. The van der Waals surface area contributed by atoms with Crippen molar-refractivity contribution in [2.45, 2.75) is 6.04 Å². The number of carbonyl (C=O) groups excluding carboxylic acids is 1. The number of halogens is 1. The molecule has 96 valence electrons. The molecule has 3 heterocycles. The molecule has 0 unspecified atom stereocenters. The van der Waals surface area contributed by atoms with Crippen molar-refractivity contribution in [3.05, 3.63) is 16.2 Å². The van der Waals surface area contributed by atoms with Crippen LogP contribution in [0.1, 0.15) is 0 Å². The van der Waals surface area contributed by atoms with Gasteiger partial charge < -0.3 is 15.4 Å². The summed E-state index contributed by atoms with van der Waals surface area (Å²) in [7, 11) is 0. The number of rotatable bonds is 2. The Labute approximate surface area is 115 Å². The Kier molecular flexibility index (Phi) is 3.33. The number of nitrogens with zero attached hydrogens (tertiary/aromatic N) is 2. The number of carbonyl (C=O) groups is 1. The minimum Gasteiger partial charge on any atom is -0.378 e. The van der Waals surface area contributed by atoms with E-state index in [0.717, 1.165) is 8.75 Å². The lowest BCUT2D eigenvalue weighted by molar-refractivity contribution is -0.120. The number of imidazole rings is 1. The van der Waals surface area contributed by atoms with Crippen LogP contribution in [0.25, 0.3) is 4.96 Å². The third-order valence-corrected chi connectivity index (χ3v) is 4.09. The standard InChI is InChI=1S/C10H11BrN4O2S/c11-7-3-15-4-8(14-10(15)18-7)13-9(16)6-5-17-2-1-12-6/h3-4,6,12H,1-2,5H2,(H,13,16)/t6-/m0/s1. The van der Waals surface area contributed by atoms with E-state index >= 15 is 0 Å². The van der Waals surface area contributed by atoms with Gasteiger partial charge >= 0.3 is 0 Å². The lowest BCUT2D eigenvalue weighted by Gasteiger charge is -2.22. The fraction of sp³-hybridized carbons (Fsp3) is 0.400. The molecule has 2 aromatic heterocycles. The Hall–Kier alpha value is -0.960. The molecule has 0 radical (unpaired) electrons. The summed E-state index contributed by atoms with van der Waals surface area (Å²) < 4.78 is 8.12. The van der Waals surface area contributed by atoms with Crippen LogP contribution < -0.4 is 10.6 Å². The monoisotopic (exact) mass is 330 g/mol. The number of hydrogen-bond donors (Lipinski definition) is 2. The van der Waals surface area contributed by atoms with E-state index < -0.39 is 0 Å². The quantitative estimate of drug-likeness (QED) is 0.864. The van der Waals surface area contributed by atoms with Gasteiger partial charge in [-0.25, -0.2) is 4.98 Å². The second-order valence-corrected chi connectivity index (χ2v) is 6.31. The molecular weight excluding hydrogens is 320 g/mol. The highest BCUT2D eigenvalue weighted by atomic mass is 79.9. The highest BCUT2D eigenvalue weighted by molar-refractivity contribution is 9.11. The van der Waals surface area contributed by atoms with Gasteiger partial charge in [0.1, 0.15) is 6.04 Å². The van der Waals surface area contributed by atoms with Gasteiger partial charge in [0, 0.05) is 12.7 Å². The zero-order valence-corrected chi connectivity index (χ0v) is 11.8. The van der Waals surface area contributed by atoms with Crippen molar-refractivity contribution in [1.82, 2.24) is 14.7 Å². The fourth-order valence-electron chi connectivity index (χ4n) is 1.77. The van der Waals surface area contributed by atoms with E-state index in [1.807, 2.05) is 10.6 Å². The number of fused-ring (bicyclic) bond motifs is 1. The minimum atomic E-state index is -0.301. The Balaban J connectivity index is 1.71. The first-order chi connectivity index (χ1) is 8.72. The SMILES string of the molecule is O=C(Nc1cn2cc(Br)sc2n1)[C@@H]1COCCN1. The fourth-order valence-corrected chi connectivity index (χ4v) is 3.13. The van der Waals surface area contributed by atoms with Crippen molar-refractivity contribution in [3.63, 3.8) is 0 Å². The summed E-state index contributed by atoms with van der Waals surface area (Å²) >= 11 is 4.90.